The summed E-state index contributed by atoms with van der Waals surface area (Å²) in [5.41, 5.74) is 10.1. The van der Waals surface area contributed by atoms with Crippen molar-refractivity contribution in [1.82, 2.24) is 4.98 Å². The number of hydrogen-bond donors (Lipinski definition) is 0. The summed E-state index contributed by atoms with van der Waals surface area (Å²) < 4.78 is 0. The van der Waals surface area contributed by atoms with Crippen LogP contribution in [0.2, 0.25) is 0 Å². The third-order valence-corrected chi connectivity index (χ3v) is 9.20. The van der Waals surface area contributed by atoms with Gasteiger partial charge in [0.25, 0.3) is 0 Å². The average Bonchev–Trinajstić information content (AvgIpc) is 3.53. The van der Waals surface area contributed by atoms with E-state index in [0.717, 1.165) is 12.5 Å². The molecule has 3 heterocycles. The zero-order chi connectivity index (χ0) is 28.3. The molecule has 206 valence electrons. The molecule has 3 aliphatic rings. The van der Waals surface area contributed by atoms with Gasteiger partial charge in [-0.25, -0.2) is 4.98 Å². The van der Waals surface area contributed by atoms with E-state index in [1.807, 2.05) is 6.20 Å². The number of pyridine rings is 1. The Kier molecular flexibility index (Phi) is 6.04. The van der Waals surface area contributed by atoms with Crippen molar-refractivity contribution in [2.45, 2.75) is 58.0 Å². The van der Waals surface area contributed by atoms with E-state index in [9.17, 15) is 0 Å². The molecular formula is C37H38N4. The van der Waals surface area contributed by atoms with Crippen LogP contribution >= 0.6 is 0 Å². The fraction of sp³-hybridized carbons (Fsp3) is 0.270. The van der Waals surface area contributed by atoms with Gasteiger partial charge in [0, 0.05) is 34.9 Å². The number of para-hydroxylation sites is 2. The molecule has 1 aliphatic carbocycles. The van der Waals surface area contributed by atoms with Gasteiger partial charge in [-0.15, -0.1) is 0 Å². The van der Waals surface area contributed by atoms with Crippen molar-refractivity contribution in [2.75, 3.05) is 21.4 Å². The monoisotopic (exact) mass is 538 g/mol. The molecule has 2 aliphatic heterocycles. The topological polar surface area (TPSA) is 22.6 Å². The molecule has 7 rings (SSSR count). The number of nitrogens with zero attached hydrogens (tertiary/aromatic N) is 4. The predicted molar refractivity (Wildman–Crippen MR) is 172 cm³/mol. The fourth-order valence-electron chi connectivity index (χ4n) is 6.77. The SMILES string of the molecule is Cc1ccnc(N2c3cc(C(C)(C)c4cccc(N5CN(C(C)C)c6ccccc65)c4)ccc3C3C=CC=CC32)c1. The summed E-state index contributed by atoms with van der Waals surface area (Å²) in [5.74, 6) is 1.34. The average molecular weight is 539 g/mol. The molecule has 0 saturated heterocycles. The molecule has 2 atom stereocenters. The van der Waals surface area contributed by atoms with E-state index in [0.29, 0.717) is 12.0 Å². The largest absolute Gasteiger partial charge is 0.349 e. The Labute approximate surface area is 244 Å². The van der Waals surface area contributed by atoms with Gasteiger partial charge in [0.1, 0.15) is 5.82 Å². The Bertz CT molecular complexity index is 1680. The molecule has 0 N–H and O–H groups in total. The van der Waals surface area contributed by atoms with Gasteiger partial charge in [-0.3, -0.25) is 0 Å². The highest BCUT2D eigenvalue weighted by Crippen LogP contribution is 2.49. The van der Waals surface area contributed by atoms with E-state index >= 15 is 0 Å². The number of aromatic nitrogens is 1. The highest BCUT2D eigenvalue weighted by atomic mass is 15.4. The number of allylic oxidation sites excluding steroid dienone is 2. The Hall–Kier alpha value is -4.31. The smallest absolute Gasteiger partial charge is 0.133 e. The summed E-state index contributed by atoms with van der Waals surface area (Å²) in [5, 5.41) is 0. The second-order valence-electron chi connectivity index (χ2n) is 12.4. The second kappa shape index (κ2) is 9.66. The van der Waals surface area contributed by atoms with Crippen LogP contribution in [0.15, 0.2) is 109 Å². The summed E-state index contributed by atoms with van der Waals surface area (Å²) >= 11 is 0. The lowest BCUT2D eigenvalue weighted by molar-refractivity contribution is 0.640. The molecule has 0 saturated carbocycles. The van der Waals surface area contributed by atoms with E-state index in [4.69, 9.17) is 4.98 Å². The molecular weight excluding hydrogens is 500 g/mol. The zero-order valence-corrected chi connectivity index (χ0v) is 24.6. The van der Waals surface area contributed by atoms with Gasteiger partial charge in [0.2, 0.25) is 0 Å². The minimum Gasteiger partial charge on any atom is -0.349 e. The molecule has 3 aromatic carbocycles. The summed E-state index contributed by atoms with van der Waals surface area (Å²) in [6, 6.07) is 30.0. The molecule has 4 heteroatoms. The number of benzene rings is 3. The lowest BCUT2D eigenvalue weighted by Gasteiger charge is -2.31. The van der Waals surface area contributed by atoms with Crippen molar-refractivity contribution in [3.05, 3.63) is 132 Å². The molecule has 41 heavy (non-hydrogen) atoms. The Morgan fingerprint density at radius 1 is 0.805 bits per heavy atom. The molecule has 0 amide bonds. The van der Waals surface area contributed by atoms with Crippen LogP contribution in [0, 0.1) is 6.92 Å². The van der Waals surface area contributed by atoms with Crippen molar-refractivity contribution >= 4 is 28.6 Å². The van der Waals surface area contributed by atoms with Crippen LogP contribution in [0.25, 0.3) is 0 Å². The number of rotatable bonds is 5. The van der Waals surface area contributed by atoms with Crippen LogP contribution < -0.4 is 14.7 Å². The quantitative estimate of drug-likeness (QED) is 0.253. The van der Waals surface area contributed by atoms with Crippen LogP contribution in [-0.4, -0.2) is 23.7 Å². The first-order chi connectivity index (χ1) is 19.8. The predicted octanol–water partition coefficient (Wildman–Crippen LogP) is 8.77. The maximum atomic E-state index is 4.81. The van der Waals surface area contributed by atoms with E-state index in [2.05, 4.69) is 152 Å². The van der Waals surface area contributed by atoms with Crippen LogP contribution in [0.4, 0.5) is 28.6 Å². The third kappa shape index (κ3) is 4.16. The summed E-state index contributed by atoms with van der Waals surface area (Å²) in [4.78, 5) is 12.2. The van der Waals surface area contributed by atoms with Crippen molar-refractivity contribution in [3.63, 3.8) is 0 Å². The van der Waals surface area contributed by atoms with Crippen LogP contribution in [0.5, 0.6) is 0 Å². The maximum absolute atomic E-state index is 4.81. The number of fused-ring (bicyclic) bond motifs is 4. The van der Waals surface area contributed by atoms with Gasteiger partial charge in [-0.1, -0.05) is 74.5 Å². The van der Waals surface area contributed by atoms with Gasteiger partial charge in [0.15, 0.2) is 0 Å². The van der Waals surface area contributed by atoms with Crippen LogP contribution in [0.3, 0.4) is 0 Å². The zero-order valence-electron chi connectivity index (χ0n) is 24.6. The molecule has 0 fully saturated rings. The number of aryl methyl sites for hydroxylation is 1. The molecule has 2 unspecified atom stereocenters. The second-order valence-corrected chi connectivity index (χ2v) is 12.4. The van der Waals surface area contributed by atoms with Crippen molar-refractivity contribution in [2.24, 2.45) is 0 Å². The summed E-state index contributed by atoms with van der Waals surface area (Å²) in [7, 11) is 0. The molecule has 0 spiro atoms. The van der Waals surface area contributed by atoms with Gasteiger partial charge < -0.3 is 14.7 Å². The van der Waals surface area contributed by atoms with Crippen molar-refractivity contribution < 1.29 is 0 Å². The summed E-state index contributed by atoms with van der Waals surface area (Å²) in [6.07, 6.45) is 10.9. The van der Waals surface area contributed by atoms with Gasteiger partial charge in [-0.2, -0.15) is 0 Å². The van der Waals surface area contributed by atoms with Gasteiger partial charge >= 0.3 is 0 Å². The third-order valence-electron chi connectivity index (χ3n) is 9.20. The van der Waals surface area contributed by atoms with Crippen LogP contribution in [-0.2, 0) is 5.41 Å². The van der Waals surface area contributed by atoms with E-state index in [1.54, 1.807) is 0 Å². The Morgan fingerprint density at radius 3 is 2.39 bits per heavy atom. The lowest BCUT2D eigenvalue weighted by atomic mass is 9.77. The Balaban J connectivity index is 1.28. The normalized spacial score (nSPS) is 19.1. The molecule has 0 radical (unpaired) electrons. The molecule has 4 nitrogen and oxygen atoms in total. The number of anilines is 5. The minimum atomic E-state index is -0.187. The molecule has 0 bridgehead atoms. The fourth-order valence-corrected chi connectivity index (χ4v) is 6.77. The van der Waals surface area contributed by atoms with Gasteiger partial charge in [-0.05, 0) is 85.5 Å². The molecule has 4 aromatic rings. The van der Waals surface area contributed by atoms with E-state index < -0.39 is 0 Å². The first-order valence-corrected chi connectivity index (χ1v) is 14.8. The molecule has 1 aromatic heterocycles. The minimum absolute atomic E-state index is 0.187. The van der Waals surface area contributed by atoms with Crippen LogP contribution in [0.1, 0.15) is 55.9 Å². The highest BCUT2D eigenvalue weighted by Gasteiger charge is 2.39. The van der Waals surface area contributed by atoms with Crippen molar-refractivity contribution in [3.8, 4) is 0 Å². The van der Waals surface area contributed by atoms with E-state index in [1.165, 1.54) is 45.0 Å². The first-order valence-electron chi connectivity index (χ1n) is 14.8. The first kappa shape index (κ1) is 25.6. The maximum Gasteiger partial charge on any atom is 0.133 e. The summed E-state index contributed by atoms with van der Waals surface area (Å²) in [6.45, 7) is 12.2. The van der Waals surface area contributed by atoms with E-state index in [-0.39, 0.29) is 11.5 Å². The van der Waals surface area contributed by atoms with Gasteiger partial charge in [0.05, 0.1) is 24.1 Å². The Morgan fingerprint density at radius 2 is 1.59 bits per heavy atom. The standard InChI is InChI=1S/C37H38N4/c1-25(2)39-24-40(34-16-9-8-15-33(34)39)29-12-10-11-27(22-29)37(4,5)28-17-18-31-30-13-6-7-14-32(30)41(35(31)23-28)36-21-26(3)19-20-38-36/h6-23,25,30,32H,24H2,1-5H3. The number of hydrogen-bond acceptors (Lipinski definition) is 4. The lowest BCUT2D eigenvalue weighted by Crippen LogP contribution is -2.33. The van der Waals surface area contributed by atoms with Crippen molar-refractivity contribution in [1.29, 1.82) is 0 Å². The highest BCUT2D eigenvalue weighted by molar-refractivity contribution is 5.83.